The van der Waals surface area contributed by atoms with Gasteiger partial charge in [-0.2, -0.15) is 0 Å². The van der Waals surface area contributed by atoms with Crippen molar-refractivity contribution in [3.05, 3.63) is 75.4 Å². The SMILES string of the molecule is C=c1[nH]cc(-c2cc(C3=c4ccccc4=NC3=O)c(O)[nH]2)/c1=C/C=C\C. The van der Waals surface area contributed by atoms with Crippen molar-refractivity contribution in [2.45, 2.75) is 6.92 Å². The second-order valence-corrected chi connectivity index (χ2v) is 6.04. The number of para-hydroxylation sites is 1. The van der Waals surface area contributed by atoms with Gasteiger partial charge in [-0.1, -0.05) is 43.0 Å². The third kappa shape index (κ3) is 2.41. The van der Waals surface area contributed by atoms with E-state index in [4.69, 9.17) is 0 Å². The van der Waals surface area contributed by atoms with Crippen LogP contribution in [0.3, 0.4) is 0 Å². The Bertz CT molecular complexity index is 1290. The number of nitrogens with zero attached hydrogens (tertiary/aromatic N) is 1. The molecule has 1 amide bonds. The van der Waals surface area contributed by atoms with E-state index in [2.05, 4.69) is 21.5 Å². The van der Waals surface area contributed by atoms with E-state index in [1.54, 1.807) is 12.1 Å². The molecule has 1 aliphatic heterocycles. The molecule has 3 aromatic rings. The van der Waals surface area contributed by atoms with Crippen molar-refractivity contribution in [2.75, 3.05) is 0 Å². The molecule has 26 heavy (non-hydrogen) atoms. The molecular weight excluding hydrogens is 326 g/mol. The number of hydrogen-bond acceptors (Lipinski definition) is 2. The Kier molecular flexibility index (Phi) is 3.69. The average Bonchev–Trinajstić information content (AvgIpc) is 3.27. The minimum atomic E-state index is -0.348. The molecule has 0 unspecified atom stereocenters. The number of allylic oxidation sites excluding steroid dienone is 2. The number of hydrogen-bond donors (Lipinski definition) is 3. The predicted octanol–water partition coefficient (Wildman–Crippen LogP) is 0.841. The van der Waals surface area contributed by atoms with E-state index in [0.29, 0.717) is 22.2 Å². The quantitative estimate of drug-likeness (QED) is 0.659. The van der Waals surface area contributed by atoms with Gasteiger partial charge in [0.05, 0.1) is 22.2 Å². The Balaban J connectivity index is 1.94. The van der Waals surface area contributed by atoms with Crippen LogP contribution in [-0.2, 0) is 4.79 Å². The summed E-state index contributed by atoms with van der Waals surface area (Å²) in [5.41, 5.74) is 2.42. The summed E-state index contributed by atoms with van der Waals surface area (Å²) >= 11 is 0. The number of aromatic hydroxyl groups is 1. The molecule has 0 saturated heterocycles. The standard InChI is InChI=1S/C21H17N3O2/c1-3-4-7-13-12(2)22-11-16(13)18-10-15(20(25)24-18)19-14-8-5-6-9-17(14)23-21(19)26/h3-11,22,24-25H,2H2,1H3/b4-3-,13-7+. The first-order chi connectivity index (χ1) is 12.6. The maximum Gasteiger partial charge on any atom is 0.279 e. The number of carbonyl (C=O) groups excluding carboxylic acids is 1. The zero-order valence-corrected chi connectivity index (χ0v) is 14.2. The van der Waals surface area contributed by atoms with E-state index < -0.39 is 0 Å². The molecule has 3 heterocycles. The van der Waals surface area contributed by atoms with Gasteiger partial charge in [-0.25, -0.2) is 4.99 Å². The van der Waals surface area contributed by atoms with Crippen LogP contribution in [-0.4, -0.2) is 21.0 Å². The fraction of sp³-hybridized carbons (Fsp3) is 0.0476. The lowest BCUT2D eigenvalue weighted by molar-refractivity contribution is -0.112. The maximum atomic E-state index is 12.4. The van der Waals surface area contributed by atoms with Crippen molar-refractivity contribution in [3.8, 4) is 17.1 Å². The average molecular weight is 343 g/mol. The summed E-state index contributed by atoms with van der Waals surface area (Å²) in [7, 11) is 0. The third-order valence-electron chi connectivity index (χ3n) is 4.43. The summed E-state index contributed by atoms with van der Waals surface area (Å²) in [5, 5.41) is 13.5. The molecule has 5 nitrogen and oxygen atoms in total. The zero-order valence-electron chi connectivity index (χ0n) is 14.2. The first-order valence-corrected chi connectivity index (χ1v) is 8.24. The van der Waals surface area contributed by atoms with Crippen LogP contribution >= 0.6 is 0 Å². The van der Waals surface area contributed by atoms with E-state index in [-0.39, 0.29) is 11.8 Å². The number of H-pyrrole nitrogens is 2. The lowest BCUT2D eigenvalue weighted by atomic mass is 10.1. The summed E-state index contributed by atoms with van der Waals surface area (Å²) in [5.74, 6) is -0.404. The summed E-state index contributed by atoms with van der Waals surface area (Å²) in [4.78, 5) is 22.5. The Labute approximate surface area is 149 Å². The molecule has 0 spiro atoms. The predicted molar refractivity (Wildman–Crippen MR) is 101 cm³/mol. The first kappa shape index (κ1) is 15.9. The summed E-state index contributed by atoms with van der Waals surface area (Å²) in [6.45, 7) is 5.93. The monoisotopic (exact) mass is 343 g/mol. The minimum absolute atomic E-state index is 0.0564. The van der Waals surface area contributed by atoms with Crippen LogP contribution in [0.25, 0.3) is 29.5 Å². The second kappa shape index (κ2) is 6.04. The summed E-state index contributed by atoms with van der Waals surface area (Å²) in [6.07, 6.45) is 7.63. The molecule has 0 atom stereocenters. The van der Waals surface area contributed by atoms with Gasteiger partial charge in [0, 0.05) is 27.5 Å². The van der Waals surface area contributed by atoms with Crippen molar-refractivity contribution < 1.29 is 9.90 Å². The Morgan fingerprint density at radius 2 is 2.04 bits per heavy atom. The van der Waals surface area contributed by atoms with E-state index in [1.807, 2.05) is 49.5 Å². The third-order valence-corrected chi connectivity index (χ3v) is 4.43. The van der Waals surface area contributed by atoms with E-state index in [1.165, 1.54) is 0 Å². The fourth-order valence-electron chi connectivity index (χ4n) is 3.19. The van der Waals surface area contributed by atoms with Crippen molar-refractivity contribution in [1.29, 1.82) is 0 Å². The minimum Gasteiger partial charge on any atom is -0.494 e. The number of rotatable bonds is 3. The second-order valence-electron chi connectivity index (χ2n) is 6.04. The molecule has 0 fully saturated rings. The van der Waals surface area contributed by atoms with Crippen molar-refractivity contribution >= 4 is 24.1 Å². The molecule has 1 aliphatic rings. The number of benzene rings is 1. The highest BCUT2D eigenvalue weighted by Gasteiger charge is 2.23. The van der Waals surface area contributed by atoms with Crippen LogP contribution in [0, 0.1) is 0 Å². The number of aromatic nitrogens is 2. The summed E-state index contributed by atoms with van der Waals surface area (Å²) in [6, 6.07) is 9.08. The van der Waals surface area contributed by atoms with Gasteiger partial charge in [-0.15, -0.1) is 0 Å². The molecule has 0 radical (unpaired) electrons. The molecule has 128 valence electrons. The molecule has 1 aromatic carbocycles. The molecular formula is C21H17N3O2. The Morgan fingerprint density at radius 1 is 1.23 bits per heavy atom. The Hall–Kier alpha value is -3.60. The lowest BCUT2D eigenvalue weighted by Crippen LogP contribution is -2.22. The van der Waals surface area contributed by atoms with E-state index >= 15 is 0 Å². The van der Waals surface area contributed by atoms with Crippen molar-refractivity contribution in [3.63, 3.8) is 0 Å². The molecule has 0 saturated carbocycles. The molecule has 0 aliphatic carbocycles. The Morgan fingerprint density at radius 3 is 2.85 bits per heavy atom. The smallest absolute Gasteiger partial charge is 0.279 e. The van der Waals surface area contributed by atoms with Crippen LogP contribution in [0.4, 0.5) is 0 Å². The van der Waals surface area contributed by atoms with Crippen LogP contribution in [0.15, 0.2) is 53.7 Å². The van der Waals surface area contributed by atoms with E-state index in [0.717, 1.165) is 21.3 Å². The number of nitrogens with one attached hydrogen (secondary N) is 2. The highest BCUT2D eigenvalue weighted by atomic mass is 16.3. The van der Waals surface area contributed by atoms with Crippen LogP contribution in [0.2, 0.25) is 0 Å². The van der Waals surface area contributed by atoms with Gasteiger partial charge < -0.3 is 15.1 Å². The lowest BCUT2D eigenvalue weighted by Gasteiger charge is -1.96. The number of amides is 1. The fourth-order valence-corrected chi connectivity index (χ4v) is 3.19. The van der Waals surface area contributed by atoms with Gasteiger partial charge in [0.15, 0.2) is 5.88 Å². The number of carbonyl (C=O) groups is 1. The molecule has 4 rings (SSSR count). The van der Waals surface area contributed by atoms with Gasteiger partial charge in [-0.3, -0.25) is 4.79 Å². The van der Waals surface area contributed by atoms with Gasteiger partial charge >= 0.3 is 0 Å². The van der Waals surface area contributed by atoms with E-state index in [9.17, 15) is 9.90 Å². The maximum absolute atomic E-state index is 12.4. The van der Waals surface area contributed by atoms with Crippen molar-refractivity contribution in [1.82, 2.24) is 9.97 Å². The largest absolute Gasteiger partial charge is 0.494 e. The number of fused-ring (bicyclic) bond motifs is 1. The molecule has 0 bridgehead atoms. The first-order valence-electron chi connectivity index (χ1n) is 8.24. The van der Waals surface area contributed by atoms with Gasteiger partial charge in [0.1, 0.15) is 0 Å². The van der Waals surface area contributed by atoms with Crippen LogP contribution < -0.4 is 21.1 Å². The topological polar surface area (TPSA) is 81.2 Å². The van der Waals surface area contributed by atoms with Gasteiger partial charge in [-0.05, 0) is 19.1 Å². The van der Waals surface area contributed by atoms with Crippen LogP contribution in [0.1, 0.15) is 12.5 Å². The van der Waals surface area contributed by atoms with Gasteiger partial charge in [0.25, 0.3) is 5.91 Å². The van der Waals surface area contributed by atoms with Gasteiger partial charge in [0.2, 0.25) is 0 Å². The van der Waals surface area contributed by atoms with Crippen molar-refractivity contribution in [2.24, 2.45) is 4.99 Å². The van der Waals surface area contributed by atoms with Crippen LogP contribution in [0.5, 0.6) is 5.88 Å². The number of aromatic amines is 2. The zero-order chi connectivity index (χ0) is 18.3. The molecule has 5 heteroatoms. The highest BCUT2D eigenvalue weighted by Crippen LogP contribution is 2.29. The normalized spacial score (nSPS) is 14.3. The summed E-state index contributed by atoms with van der Waals surface area (Å²) < 4.78 is 0. The molecule has 3 N–H and O–H groups in total. The highest BCUT2D eigenvalue weighted by molar-refractivity contribution is 6.21. The molecule has 2 aromatic heterocycles.